The molecule has 0 amide bonds. The summed E-state index contributed by atoms with van der Waals surface area (Å²) in [6, 6.07) is 8.23. The molecule has 3 rings (SSSR count). The highest BCUT2D eigenvalue weighted by molar-refractivity contribution is 7.98. The fraction of sp³-hybridized carbons (Fsp3) is 0.312. The van der Waals surface area contributed by atoms with E-state index in [4.69, 9.17) is 4.52 Å². The van der Waals surface area contributed by atoms with Crippen LogP contribution in [0.15, 0.2) is 40.1 Å². The van der Waals surface area contributed by atoms with Crippen molar-refractivity contribution in [2.75, 3.05) is 0 Å². The van der Waals surface area contributed by atoms with Gasteiger partial charge in [0.1, 0.15) is 0 Å². The van der Waals surface area contributed by atoms with Gasteiger partial charge in [0.2, 0.25) is 5.89 Å². The number of hydrogen-bond donors (Lipinski definition) is 1. The third-order valence-electron chi connectivity index (χ3n) is 3.44. The SMILES string of the molecule is CCc1cnc(SCc2noc(Cc3ccccc3C)n2)[nH]1. The Kier molecular flexibility index (Phi) is 4.58. The standard InChI is InChI=1S/C16H18N4OS/c1-3-13-9-17-16(18-13)22-10-14-19-15(21-20-14)8-12-7-5-4-6-11(12)2/h4-7,9H,3,8,10H2,1-2H3,(H,17,18). The molecule has 2 aromatic heterocycles. The number of imidazole rings is 1. The van der Waals surface area contributed by atoms with Gasteiger partial charge in [-0.3, -0.25) is 0 Å². The smallest absolute Gasteiger partial charge is 0.231 e. The number of H-pyrrole nitrogens is 1. The Bertz CT molecular complexity index is 750. The maximum absolute atomic E-state index is 5.33. The summed E-state index contributed by atoms with van der Waals surface area (Å²) >= 11 is 1.58. The van der Waals surface area contributed by atoms with E-state index >= 15 is 0 Å². The molecule has 0 fully saturated rings. The van der Waals surface area contributed by atoms with Crippen LogP contribution in [0.2, 0.25) is 0 Å². The van der Waals surface area contributed by atoms with Crippen LogP contribution in [0.1, 0.15) is 35.5 Å². The number of nitrogens with zero attached hydrogens (tertiary/aromatic N) is 3. The van der Waals surface area contributed by atoms with Crippen molar-refractivity contribution in [1.82, 2.24) is 20.1 Å². The van der Waals surface area contributed by atoms with Gasteiger partial charge in [-0.2, -0.15) is 4.98 Å². The predicted molar refractivity (Wildman–Crippen MR) is 85.8 cm³/mol. The van der Waals surface area contributed by atoms with Gasteiger partial charge in [-0.05, 0) is 24.5 Å². The zero-order valence-corrected chi connectivity index (χ0v) is 13.5. The Balaban J connectivity index is 1.60. The van der Waals surface area contributed by atoms with Crippen LogP contribution in [0.25, 0.3) is 0 Å². The van der Waals surface area contributed by atoms with E-state index in [9.17, 15) is 0 Å². The van der Waals surface area contributed by atoms with E-state index in [0.29, 0.717) is 23.9 Å². The van der Waals surface area contributed by atoms with Crippen molar-refractivity contribution in [2.45, 2.75) is 37.6 Å². The number of thioether (sulfide) groups is 1. The second kappa shape index (κ2) is 6.79. The summed E-state index contributed by atoms with van der Waals surface area (Å²) in [5, 5.41) is 4.93. The molecule has 0 aliphatic rings. The van der Waals surface area contributed by atoms with E-state index in [-0.39, 0.29) is 0 Å². The van der Waals surface area contributed by atoms with E-state index in [1.807, 2.05) is 18.3 Å². The number of aryl methyl sites for hydroxylation is 2. The fourth-order valence-electron chi connectivity index (χ4n) is 2.12. The fourth-order valence-corrected chi connectivity index (χ4v) is 2.83. The quantitative estimate of drug-likeness (QED) is 0.705. The molecule has 5 nitrogen and oxygen atoms in total. The van der Waals surface area contributed by atoms with Crippen LogP contribution in [-0.4, -0.2) is 20.1 Å². The van der Waals surface area contributed by atoms with Gasteiger partial charge in [0.05, 0.1) is 12.2 Å². The summed E-state index contributed by atoms with van der Waals surface area (Å²) in [5.41, 5.74) is 3.58. The van der Waals surface area contributed by atoms with Crippen molar-refractivity contribution in [3.8, 4) is 0 Å². The lowest BCUT2D eigenvalue weighted by Crippen LogP contribution is -1.92. The summed E-state index contributed by atoms with van der Waals surface area (Å²) < 4.78 is 5.33. The van der Waals surface area contributed by atoms with Crippen molar-refractivity contribution < 1.29 is 4.52 Å². The topological polar surface area (TPSA) is 67.6 Å². The molecule has 114 valence electrons. The number of rotatable bonds is 6. The summed E-state index contributed by atoms with van der Waals surface area (Å²) in [7, 11) is 0. The van der Waals surface area contributed by atoms with Crippen molar-refractivity contribution in [2.24, 2.45) is 0 Å². The Labute approximate surface area is 133 Å². The normalized spacial score (nSPS) is 11.0. The van der Waals surface area contributed by atoms with Crippen LogP contribution in [0, 0.1) is 6.92 Å². The molecule has 0 bridgehead atoms. The van der Waals surface area contributed by atoms with Gasteiger partial charge < -0.3 is 9.51 Å². The second-order valence-corrected chi connectivity index (χ2v) is 6.03. The highest BCUT2D eigenvalue weighted by Gasteiger charge is 2.10. The van der Waals surface area contributed by atoms with E-state index in [1.54, 1.807) is 11.8 Å². The zero-order chi connectivity index (χ0) is 15.4. The Morgan fingerprint density at radius 2 is 2.14 bits per heavy atom. The van der Waals surface area contributed by atoms with E-state index in [1.165, 1.54) is 11.1 Å². The van der Waals surface area contributed by atoms with Crippen molar-refractivity contribution in [1.29, 1.82) is 0 Å². The predicted octanol–water partition coefficient (Wildman–Crippen LogP) is 3.55. The number of aromatic nitrogens is 4. The lowest BCUT2D eigenvalue weighted by molar-refractivity contribution is 0.381. The Hall–Kier alpha value is -2.08. The molecular formula is C16H18N4OS. The van der Waals surface area contributed by atoms with E-state index in [2.05, 4.69) is 46.1 Å². The third-order valence-corrected chi connectivity index (χ3v) is 4.32. The molecule has 0 unspecified atom stereocenters. The van der Waals surface area contributed by atoms with Gasteiger partial charge in [-0.15, -0.1) is 0 Å². The monoisotopic (exact) mass is 314 g/mol. The van der Waals surface area contributed by atoms with Crippen molar-refractivity contribution in [3.05, 3.63) is 59.0 Å². The van der Waals surface area contributed by atoms with Gasteiger partial charge >= 0.3 is 0 Å². The van der Waals surface area contributed by atoms with Gasteiger partial charge in [-0.1, -0.05) is 48.1 Å². The first-order valence-electron chi connectivity index (χ1n) is 7.27. The largest absolute Gasteiger partial charge is 0.339 e. The maximum Gasteiger partial charge on any atom is 0.231 e. The number of hydrogen-bond acceptors (Lipinski definition) is 5. The molecule has 0 spiro atoms. The maximum atomic E-state index is 5.33. The van der Waals surface area contributed by atoms with E-state index < -0.39 is 0 Å². The molecule has 1 N–H and O–H groups in total. The van der Waals surface area contributed by atoms with Gasteiger partial charge in [0, 0.05) is 11.9 Å². The lowest BCUT2D eigenvalue weighted by atomic mass is 10.1. The highest BCUT2D eigenvalue weighted by Crippen LogP contribution is 2.19. The van der Waals surface area contributed by atoms with Crippen LogP contribution < -0.4 is 0 Å². The Morgan fingerprint density at radius 3 is 2.91 bits per heavy atom. The average Bonchev–Trinajstić information content (AvgIpc) is 3.16. The molecule has 0 atom stereocenters. The second-order valence-electron chi connectivity index (χ2n) is 5.06. The molecule has 6 heteroatoms. The Morgan fingerprint density at radius 1 is 1.27 bits per heavy atom. The van der Waals surface area contributed by atoms with Crippen molar-refractivity contribution in [3.63, 3.8) is 0 Å². The van der Waals surface area contributed by atoms with E-state index in [0.717, 1.165) is 17.3 Å². The van der Waals surface area contributed by atoms with Gasteiger partial charge in [0.25, 0.3) is 0 Å². The first kappa shape index (κ1) is 14.8. The minimum Gasteiger partial charge on any atom is -0.339 e. The van der Waals surface area contributed by atoms with Crippen LogP contribution >= 0.6 is 11.8 Å². The number of benzene rings is 1. The molecule has 0 aliphatic heterocycles. The zero-order valence-electron chi connectivity index (χ0n) is 12.7. The summed E-state index contributed by atoms with van der Waals surface area (Å²) in [4.78, 5) is 12.0. The molecule has 2 heterocycles. The minimum absolute atomic E-state index is 0.647. The first-order chi connectivity index (χ1) is 10.7. The van der Waals surface area contributed by atoms with Crippen LogP contribution in [0.5, 0.6) is 0 Å². The number of aromatic amines is 1. The minimum atomic E-state index is 0.647. The van der Waals surface area contributed by atoms with Crippen LogP contribution in [-0.2, 0) is 18.6 Å². The van der Waals surface area contributed by atoms with Crippen LogP contribution in [0.3, 0.4) is 0 Å². The first-order valence-corrected chi connectivity index (χ1v) is 8.26. The lowest BCUT2D eigenvalue weighted by Gasteiger charge is -2.00. The van der Waals surface area contributed by atoms with Crippen molar-refractivity contribution >= 4 is 11.8 Å². The summed E-state index contributed by atoms with van der Waals surface area (Å²) in [5.74, 6) is 2.00. The molecular weight excluding hydrogens is 296 g/mol. The van der Waals surface area contributed by atoms with Gasteiger partial charge in [-0.25, -0.2) is 4.98 Å². The number of nitrogens with one attached hydrogen (secondary N) is 1. The average molecular weight is 314 g/mol. The molecule has 0 saturated carbocycles. The highest BCUT2D eigenvalue weighted by atomic mass is 32.2. The summed E-state index contributed by atoms with van der Waals surface area (Å²) in [6.45, 7) is 4.18. The third kappa shape index (κ3) is 3.57. The molecule has 3 aromatic rings. The molecule has 1 aromatic carbocycles. The summed E-state index contributed by atoms with van der Waals surface area (Å²) in [6.07, 6.45) is 3.49. The molecule has 22 heavy (non-hydrogen) atoms. The molecule has 0 radical (unpaired) electrons. The van der Waals surface area contributed by atoms with Crippen LogP contribution in [0.4, 0.5) is 0 Å². The van der Waals surface area contributed by atoms with Gasteiger partial charge in [0.15, 0.2) is 11.0 Å². The molecule has 0 saturated heterocycles. The molecule has 0 aliphatic carbocycles.